The van der Waals surface area contributed by atoms with Crippen molar-refractivity contribution >= 4 is 40.8 Å². The van der Waals surface area contributed by atoms with Crippen molar-refractivity contribution in [3.8, 4) is 0 Å². The number of Topliss-reactive ketones (excluding diaryl/α,β-unsaturated/α-hetero) is 1. The summed E-state index contributed by atoms with van der Waals surface area (Å²) in [7, 11) is 0. The van der Waals surface area contributed by atoms with Crippen molar-refractivity contribution in [1.29, 1.82) is 0 Å². The Labute approximate surface area is 311 Å². The largest absolute Gasteiger partial charge is 0.335 e. The number of hydrogen-bond donors (Lipinski definition) is 0. The third kappa shape index (κ3) is 8.54. The highest BCUT2D eigenvalue weighted by Gasteiger charge is 2.35. The predicted octanol–water partition coefficient (Wildman–Crippen LogP) is 5.06. The maximum absolute atomic E-state index is 14.8. The molecule has 0 saturated carbocycles. The van der Waals surface area contributed by atoms with Crippen LogP contribution in [0, 0.1) is 11.6 Å². The van der Waals surface area contributed by atoms with Crippen LogP contribution in [0.15, 0.2) is 60.9 Å². The van der Waals surface area contributed by atoms with E-state index in [0.29, 0.717) is 99.7 Å². The molecule has 0 bridgehead atoms. The molecule has 0 radical (unpaired) electrons. The third-order valence-electron chi connectivity index (χ3n) is 9.92. The van der Waals surface area contributed by atoms with Gasteiger partial charge in [0, 0.05) is 90.9 Å². The highest BCUT2D eigenvalue weighted by Crippen LogP contribution is 2.30. The highest BCUT2D eigenvalue weighted by molar-refractivity contribution is 6.33. The zero-order valence-corrected chi connectivity index (χ0v) is 30.7. The molecule has 2 unspecified atom stereocenters. The first-order chi connectivity index (χ1) is 25.0. The molecule has 2 amide bonds. The van der Waals surface area contributed by atoms with Crippen molar-refractivity contribution in [1.82, 2.24) is 39.2 Å². The van der Waals surface area contributed by atoms with E-state index < -0.39 is 23.5 Å². The Morgan fingerprint density at radius 2 is 0.962 bits per heavy atom. The maximum Gasteiger partial charge on any atom is 0.276 e. The van der Waals surface area contributed by atoms with E-state index >= 15 is 0 Å². The van der Waals surface area contributed by atoms with Gasteiger partial charge in [-0.05, 0) is 49.2 Å². The van der Waals surface area contributed by atoms with Gasteiger partial charge in [0.1, 0.15) is 17.4 Å². The Balaban J connectivity index is 1.17. The number of rotatable bonds is 12. The molecular weight excluding hydrogens is 713 g/mol. The topological polar surface area (TPSA) is 99.8 Å². The summed E-state index contributed by atoms with van der Waals surface area (Å²) in [6.45, 7) is 9.47. The van der Waals surface area contributed by atoms with Crippen LogP contribution in [0.2, 0.25) is 10.0 Å². The lowest BCUT2D eigenvalue weighted by Gasteiger charge is -2.38. The van der Waals surface area contributed by atoms with Crippen LogP contribution in [0.25, 0.3) is 0 Å². The van der Waals surface area contributed by atoms with Crippen LogP contribution in [0.3, 0.4) is 0 Å². The Bertz CT molecular complexity index is 1730. The number of hydrogen-bond acceptors (Lipinski definition) is 7. The second-order valence-electron chi connectivity index (χ2n) is 13.2. The van der Waals surface area contributed by atoms with Crippen LogP contribution in [0.1, 0.15) is 57.8 Å². The van der Waals surface area contributed by atoms with Gasteiger partial charge in [-0.1, -0.05) is 47.5 Å². The molecule has 0 aliphatic carbocycles. The van der Waals surface area contributed by atoms with E-state index in [1.807, 2.05) is 13.8 Å². The summed E-state index contributed by atoms with van der Waals surface area (Å²) in [6, 6.07) is 12.0. The minimum absolute atomic E-state index is 0.0796. The van der Waals surface area contributed by atoms with Gasteiger partial charge in [-0.15, -0.1) is 0 Å². The first kappa shape index (κ1) is 37.6. The van der Waals surface area contributed by atoms with E-state index in [9.17, 15) is 23.2 Å². The highest BCUT2D eigenvalue weighted by atomic mass is 35.5. The van der Waals surface area contributed by atoms with Crippen molar-refractivity contribution < 1.29 is 23.2 Å². The summed E-state index contributed by atoms with van der Waals surface area (Å²) in [4.78, 5) is 49.0. The number of piperazine rings is 2. The van der Waals surface area contributed by atoms with Crippen LogP contribution in [-0.4, -0.2) is 122 Å². The summed E-state index contributed by atoms with van der Waals surface area (Å²) < 4.78 is 31.4. The SMILES string of the molecule is CCn1cc(Cl)c(C(=O)N2CCN(CC(C(=O)C(CN3CCN(C(=O)c4nn(CC)cc4Cl)CC3)c3ccc(F)cc3)c3ccc(F)cc3)CC2)n1. The number of ketones is 1. The zero-order valence-electron chi connectivity index (χ0n) is 29.2. The number of aryl methyl sites for hydroxylation is 2. The fourth-order valence-corrected chi connectivity index (χ4v) is 7.31. The molecular formula is C37H42Cl2F2N8O3. The van der Waals surface area contributed by atoms with Gasteiger partial charge in [0.15, 0.2) is 11.4 Å². The van der Waals surface area contributed by atoms with Gasteiger partial charge < -0.3 is 9.80 Å². The molecule has 2 aromatic carbocycles. The molecule has 2 aromatic heterocycles. The van der Waals surface area contributed by atoms with Crippen LogP contribution in [0.4, 0.5) is 8.78 Å². The van der Waals surface area contributed by atoms with Gasteiger partial charge in [-0.3, -0.25) is 33.5 Å². The smallest absolute Gasteiger partial charge is 0.276 e. The minimum Gasteiger partial charge on any atom is -0.335 e. The van der Waals surface area contributed by atoms with Gasteiger partial charge in [-0.25, -0.2) is 8.78 Å². The minimum atomic E-state index is -0.633. The summed E-state index contributed by atoms with van der Waals surface area (Å²) in [5.41, 5.74) is 1.79. The number of amides is 2. The molecule has 0 spiro atoms. The molecule has 2 aliphatic heterocycles. The van der Waals surface area contributed by atoms with E-state index in [4.69, 9.17) is 23.2 Å². The molecule has 2 atom stereocenters. The molecule has 276 valence electrons. The molecule has 4 heterocycles. The van der Waals surface area contributed by atoms with Crippen LogP contribution < -0.4 is 0 Å². The van der Waals surface area contributed by atoms with Crippen molar-refractivity contribution in [2.75, 3.05) is 65.4 Å². The normalized spacial score (nSPS) is 17.0. The number of halogens is 4. The summed E-state index contributed by atoms with van der Waals surface area (Å²) >= 11 is 12.6. The van der Waals surface area contributed by atoms with Crippen LogP contribution in [-0.2, 0) is 17.9 Å². The molecule has 6 rings (SSSR count). The fourth-order valence-electron chi connectivity index (χ4n) is 6.84. The van der Waals surface area contributed by atoms with E-state index in [2.05, 4.69) is 20.0 Å². The van der Waals surface area contributed by atoms with Gasteiger partial charge in [0.2, 0.25) is 0 Å². The third-order valence-corrected chi connectivity index (χ3v) is 10.5. The molecule has 2 aliphatic rings. The van der Waals surface area contributed by atoms with E-state index in [0.717, 1.165) is 0 Å². The van der Waals surface area contributed by atoms with E-state index in [1.165, 1.54) is 24.3 Å². The molecule has 15 heteroatoms. The lowest BCUT2D eigenvalue weighted by atomic mass is 9.82. The number of benzene rings is 2. The first-order valence-corrected chi connectivity index (χ1v) is 18.3. The molecule has 2 fully saturated rings. The van der Waals surface area contributed by atoms with Crippen molar-refractivity contribution in [3.63, 3.8) is 0 Å². The maximum atomic E-state index is 14.8. The van der Waals surface area contributed by atoms with Gasteiger partial charge in [-0.2, -0.15) is 10.2 Å². The molecule has 2 saturated heterocycles. The molecule has 52 heavy (non-hydrogen) atoms. The predicted molar refractivity (Wildman–Crippen MR) is 194 cm³/mol. The Kier molecular flexibility index (Phi) is 12.0. The van der Waals surface area contributed by atoms with Crippen molar-refractivity contribution in [2.45, 2.75) is 38.8 Å². The molecule has 0 N–H and O–H groups in total. The number of carbonyl (C=O) groups excluding carboxylic acids is 3. The average molecular weight is 756 g/mol. The lowest BCUT2D eigenvalue weighted by Crippen LogP contribution is -2.51. The molecule has 4 aromatic rings. The van der Waals surface area contributed by atoms with Gasteiger partial charge in [0.25, 0.3) is 11.8 Å². The Hall–Kier alpha value is -4.17. The zero-order chi connectivity index (χ0) is 36.9. The number of carbonyl (C=O) groups is 3. The van der Waals surface area contributed by atoms with Crippen molar-refractivity contribution in [2.24, 2.45) is 0 Å². The van der Waals surface area contributed by atoms with Gasteiger partial charge >= 0.3 is 0 Å². The summed E-state index contributed by atoms with van der Waals surface area (Å²) in [5.74, 6) is -2.63. The van der Waals surface area contributed by atoms with Crippen LogP contribution >= 0.6 is 23.2 Å². The number of nitrogens with zero attached hydrogens (tertiary/aromatic N) is 8. The lowest BCUT2D eigenvalue weighted by molar-refractivity contribution is -0.123. The van der Waals surface area contributed by atoms with E-state index in [1.54, 1.807) is 55.8 Å². The fraction of sp³-hybridized carbons (Fsp3) is 0.432. The van der Waals surface area contributed by atoms with Crippen LogP contribution in [0.5, 0.6) is 0 Å². The van der Waals surface area contributed by atoms with Crippen molar-refractivity contribution in [3.05, 3.63) is 105 Å². The molecule has 11 nitrogen and oxygen atoms in total. The Morgan fingerprint density at radius 3 is 1.27 bits per heavy atom. The van der Waals surface area contributed by atoms with Gasteiger partial charge in [0.05, 0.1) is 21.9 Å². The summed E-state index contributed by atoms with van der Waals surface area (Å²) in [5, 5.41) is 9.27. The Morgan fingerprint density at radius 1 is 0.615 bits per heavy atom. The monoisotopic (exact) mass is 754 g/mol. The quantitative estimate of drug-likeness (QED) is 0.200. The van der Waals surface area contributed by atoms with E-state index in [-0.39, 0.29) is 29.0 Å². The standard InChI is InChI=1S/C37H42Cl2F2N8O3/c1-3-48-23-31(38)33(42-48)36(51)46-17-13-44(14-18-46)21-29(25-5-9-27(40)10-6-25)35(50)30(26-7-11-28(41)12-8-26)22-45-15-19-47(20-16-45)37(52)34-32(39)24-49(4-2)43-34/h5-12,23-24,29-30H,3-4,13-22H2,1-2H3. The second-order valence-corrected chi connectivity index (χ2v) is 14.0. The second kappa shape index (κ2) is 16.7. The number of aromatic nitrogens is 4. The summed E-state index contributed by atoms with van der Waals surface area (Å²) in [6.07, 6.45) is 3.28. The first-order valence-electron chi connectivity index (χ1n) is 17.6. The average Bonchev–Trinajstić information content (AvgIpc) is 3.74.